The average molecular weight is 371 g/mol. The number of phenolic OH excluding ortho intramolecular Hbond substituents is 2. The summed E-state index contributed by atoms with van der Waals surface area (Å²) in [6, 6.07) is 11.5. The van der Waals surface area contributed by atoms with Crippen LogP contribution in [0.2, 0.25) is 0 Å². The molecule has 8 heteroatoms. The number of hydrogen-bond acceptors (Lipinski definition) is 7. The first-order valence-electron chi connectivity index (χ1n) is 7.71. The molecular weight excluding hydrogens is 354 g/mol. The number of benzene rings is 2. The van der Waals surface area contributed by atoms with Crippen LogP contribution in [0.25, 0.3) is 11.4 Å². The van der Waals surface area contributed by atoms with Crippen molar-refractivity contribution in [3.63, 3.8) is 0 Å². The fourth-order valence-electron chi connectivity index (χ4n) is 2.36. The summed E-state index contributed by atoms with van der Waals surface area (Å²) in [6.45, 7) is 0. The van der Waals surface area contributed by atoms with Gasteiger partial charge in [0.25, 0.3) is 0 Å². The van der Waals surface area contributed by atoms with Gasteiger partial charge in [-0.1, -0.05) is 23.9 Å². The molecule has 0 bridgehead atoms. The number of hydrogen-bond donors (Lipinski definition) is 2. The summed E-state index contributed by atoms with van der Waals surface area (Å²) in [5.74, 6) is 0.763. The molecule has 134 valence electrons. The minimum atomic E-state index is -0.320. The number of Topliss-reactive ketones (excluding diaryl/α,β-unsaturated/α-hetero) is 1. The summed E-state index contributed by atoms with van der Waals surface area (Å²) in [5.41, 5.74) is 1.18. The normalized spacial score (nSPS) is 10.7. The average Bonchev–Trinajstić information content (AvgIpc) is 3.02. The van der Waals surface area contributed by atoms with Crippen LogP contribution in [-0.4, -0.2) is 43.6 Å². The topological polar surface area (TPSA) is 97.5 Å². The van der Waals surface area contributed by atoms with Gasteiger partial charge in [0.05, 0.1) is 12.9 Å². The SMILES string of the molecule is COc1cccc(-c2nnc(SCC(=O)c3ccc(O)c(O)c3)n2C)c1. The van der Waals surface area contributed by atoms with E-state index in [4.69, 9.17) is 4.74 Å². The van der Waals surface area contributed by atoms with E-state index in [9.17, 15) is 15.0 Å². The number of ketones is 1. The first-order valence-corrected chi connectivity index (χ1v) is 8.70. The maximum absolute atomic E-state index is 12.3. The molecule has 1 heterocycles. The summed E-state index contributed by atoms with van der Waals surface area (Å²) in [7, 11) is 3.43. The Balaban J connectivity index is 1.74. The third kappa shape index (κ3) is 3.65. The third-order valence-corrected chi connectivity index (χ3v) is 4.81. The molecule has 0 amide bonds. The zero-order valence-corrected chi connectivity index (χ0v) is 15.0. The van der Waals surface area contributed by atoms with Crippen molar-refractivity contribution in [2.75, 3.05) is 12.9 Å². The Morgan fingerprint density at radius 3 is 2.69 bits per heavy atom. The van der Waals surface area contributed by atoms with Gasteiger partial charge in [0.2, 0.25) is 0 Å². The molecule has 0 aliphatic carbocycles. The number of thioether (sulfide) groups is 1. The predicted octanol–water partition coefficient (Wildman–Crippen LogP) is 2.88. The highest BCUT2D eigenvalue weighted by Crippen LogP contribution is 2.28. The second-order valence-electron chi connectivity index (χ2n) is 5.51. The van der Waals surface area contributed by atoms with Crippen molar-refractivity contribution in [3.8, 4) is 28.6 Å². The Bertz CT molecular complexity index is 955. The lowest BCUT2D eigenvalue weighted by atomic mass is 10.1. The molecule has 2 N–H and O–H groups in total. The Labute approximate surface area is 154 Å². The number of aromatic hydroxyl groups is 2. The molecule has 0 unspecified atom stereocenters. The molecule has 7 nitrogen and oxygen atoms in total. The van der Waals surface area contributed by atoms with Crippen molar-refractivity contribution in [3.05, 3.63) is 48.0 Å². The third-order valence-electron chi connectivity index (χ3n) is 3.79. The maximum atomic E-state index is 12.3. The van der Waals surface area contributed by atoms with Crippen LogP contribution in [0, 0.1) is 0 Å². The highest BCUT2D eigenvalue weighted by Gasteiger charge is 2.15. The van der Waals surface area contributed by atoms with Gasteiger partial charge in [0.15, 0.2) is 28.3 Å². The maximum Gasteiger partial charge on any atom is 0.191 e. The number of phenols is 2. The molecule has 0 fully saturated rings. The van der Waals surface area contributed by atoms with Crippen molar-refractivity contribution in [2.24, 2.45) is 7.05 Å². The van der Waals surface area contributed by atoms with Gasteiger partial charge in [-0.05, 0) is 30.3 Å². The lowest BCUT2D eigenvalue weighted by molar-refractivity contribution is 0.102. The molecule has 1 aromatic heterocycles. The minimum absolute atomic E-state index is 0.133. The van der Waals surface area contributed by atoms with Crippen molar-refractivity contribution >= 4 is 17.5 Å². The molecule has 0 saturated heterocycles. The Kier molecular flexibility index (Phi) is 5.13. The molecular formula is C18H17N3O4S. The Hall–Kier alpha value is -3.00. The van der Waals surface area contributed by atoms with Crippen LogP contribution < -0.4 is 4.74 Å². The van der Waals surface area contributed by atoms with Gasteiger partial charge in [-0.25, -0.2) is 0 Å². The zero-order chi connectivity index (χ0) is 18.7. The van der Waals surface area contributed by atoms with Gasteiger partial charge in [0.1, 0.15) is 5.75 Å². The monoisotopic (exact) mass is 371 g/mol. The van der Waals surface area contributed by atoms with Crippen LogP contribution in [0.4, 0.5) is 0 Å². The van der Waals surface area contributed by atoms with Gasteiger partial charge >= 0.3 is 0 Å². The van der Waals surface area contributed by atoms with Gasteiger partial charge in [0, 0.05) is 18.2 Å². The van der Waals surface area contributed by atoms with E-state index in [0.717, 1.165) is 11.3 Å². The van der Waals surface area contributed by atoms with E-state index in [1.54, 1.807) is 11.7 Å². The van der Waals surface area contributed by atoms with E-state index in [2.05, 4.69) is 10.2 Å². The quantitative estimate of drug-likeness (QED) is 0.391. The van der Waals surface area contributed by atoms with E-state index in [-0.39, 0.29) is 23.0 Å². The fourth-order valence-corrected chi connectivity index (χ4v) is 3.17. The molecule has 0 atom stereocenters. The molecule has 26 heavy (non-hydrogen) atoms. The number of nitrogens with zero attached hydrogens (tertiary/aromatic N) is 3. The molecule has 0 saturated carbocycles. The van der Waals surface area contributed by atoms with Crippen LogP contribution in [0.1, 0.15) is 10.4 Å². The fraction of sp³-hybridized carbons (Fsp3) is 0.167. The number of carbonyl (C=O) groups is 1. The lowest BCUT2D eigenvalue weighted by Gasteiger charge is -2.06. The smallest absolute Gasteiger partial charge is 0.191 e. The molecule has 0 spiro atoms. The Morgan fingerprint density at radius 1 is 1.15 bits per heavy atom. The molecule has 0 radical (unpaired) electrons. The van der Waals surface area contributed by atoms with Crippen molar-refractivity contribution in [1.29, 1.82) is 0 Å². The Morgan fingerprint density at radius 2 is 1.96 bits per heavy atom. The van der Waals surface area contributed by atoms with Crippen LogP contribution in [-0.2, 0) is 7.05 Å². The summed E-state index contributed by atoms with van der Waals surface area (Å²) < 4.78 is 7.03. The van der Waals surface area contributed by atoms with Crippen LogP contribution >= 0.6 is 11.8 Å². The van der Waals surface area contributed by atoms with E-state index in [0.29, 0.717) is 16.5 Å². The predicted molar refractivity (Wildman–Crippen MR) is 97.8 cm³/mol. The van der Waals surface area contributed by atoms with Crippen molar-refractivity contribution in [2.45, 2.75) is 5.16 Å². The summed E-state index contributed by atoms with van der Waals surface area (Å²) >= 11 is 1.25. The second-order valence-corrected chi connectivity index (χ2v) is 6.45. The molecule has 3 aromatic rings. The lowest BCUT2D eigenvalue weighted by Crippen LogP contribution is -2.04. The van der Waals surface area contributed by atoms with E-state index < -0.39 is 0 Å². The largest absolute Gasteiger partial charge is 0.504 e. The number of methoxy groups -OCH3 is 1. The van der Waals surface area contributed by atoms with Crippen molar-refractivity contribution in [1.82, 2.24) is 14.8 Å². The minimum Gasteiger partial charge on any atom is -0.504 e. The summed E-state index contributed by atoms with van der Waals surface area (Å²) in [6.07, 6.45) is 0. The van der Waals surface area contributed by atoms with Gasteiger partial charge in [-0.2, -0.15) is 0 Å². The highest BCUT2D eigenvalue weighted by atomic mass is 32.2. The summed E-state index contributed by atoms with van der Waals surface area (Å²) in [5, 5.41) is 27.8. The number of ether oxygens (including phenoxy) is 1. The molecule has 0 aliphatic rings. The molecule has 3 rings (SSSR count). The van der Waals surface area contributed by atoms with Gasteiger partial charge < -0.3 is 19.5 Å². The van der Waals surface area contributed by atoms with Gasteiger partial charge in [-0.3, -0.25) is 4.79 Å². The van der Waals surface area contributed by atoms with E-state index in [1.807, 2.05) is 31.3 Å². The number of carbonyl (C=O) groups excluding carboxylic acids is 1. The molecule has 2 aromatic carbocycles. The molecule has 0 aliphatic heterocycles. The van der Waals surface area contributed by atoms with Crippen molar-refractivity contribution < 1.29 is 19.7 Å². The first-order chi connectivity index (χ1) is 12.5. The zero-order valence-electron chi connectivity index (χ0n) is 14.2. The van der Waals surface area contributed by atoms with E-state index >= 15 is 0 Å². The first kappa shape index (κ1) is 17.8. The standard InChI is InChI=1S/C18H17N3O4S/c1-21-17(12-4-3-5-13(8-12)25-2)19-20-18(21)26-10-16(24)11-6-7-14(22)15(23)9-11/h3-9,22-23H,10H2,1-2H3. The van der Waals surface area contributed by atoms with Crippen LogP contribution in [0.15, 0.2) is 47.6 Å². The highest BCUT2D eigenvalue weighted by molar-refractivity contribution is 7.99. The number of rotatable bonds is 6. The van der Waals surface area contributed by atoms with Crippen LogP contribution in [0.3, 0.4) is 0 Å². The summed E-state index contributed by atoms with van der Waals surface area (Å²) in [4.78, 5) is 12.3. The van der Waals surface area contributed by atoms with E-state index in [1.165, 1.54) is 30.0 Å². The van der Waals surface area contributed by atoms with Gasteiger partial charge in [-0.15, -0.1) is 10.2 Å². The van der Waals surface area contributed by atoms with Crippen LogP contribution in [0.5, 0.6) is 17.2 Å². The second kappa shape index (κ2) is 7.49. The number of aromatic nitrogens is 3.